The fraction of sp³-hybridized carbons (Fsp3) is 0.750. The summed E-state index contributed by atoms with van der Waals surface area (Å²) >= 11 is 0. The number of hydrogen-bond donors (Lipinski definition) is 1. The predicted octanol–water partition coefficient (Wildman–Crippen LogP) is 1.77. The van der Waals surface area contributed by atoms with Gasteiger partial charge in [-0.15, -0.1) is 6.58 Å². The molecule has 16 heavy (non-hydrogen) atoms. The summed E-state index contributed by atoms with van der Waals surface area (Å²) in [5.41, 5.74) is -0.451. The maximum Gasteiger partial charge on any atom is 0.411 e. The van der Waals surface area contributed by atoms with Crippen molar-refractivity contribution >= 4 is 6.09 Å². The molecule has 4 nitrogen and oxygen atoms in total. The molecule has 1 amide bonds. The molecule has 1 fully saturated rings. The van der Waals surface area contributed by atoms with E-state index in [9.17, 15) is 4.79 Å². The molecule has 92 valence electrons. The Labute approximate surface area is 97.6 Å². The van der Waals surface area contributed by atoms with E-state index in [1.807, 2.05) is 27.7 Å². The highest BCUT2D eigenvalue weighted by Gasteiger charge is 2.32. The number of carbonyl (C=O) groups is 1. The molecule has 0 saturated carbocycles. The van der Waals surface area contributed by atoms with E-state index in [1.165, 1.54) is 0 Å². The quantitative estimate of drug-likeness (QED) is 0.693. The summed E-state index contributed by atoms with van der Waals surface area (Å²) < 4.78 is 5.39. The molecule has 1 aliphatic rings. The summed E-state index contributed by atoms with van der Waals surface area (Å²) in [6.45, 7) is 12.9. The van der Waals surface area contributed by atoms with Gasteiger partial charge in [-0.1, -0.05) is 6.08 Å². The number of amides is 1. The highest BCUT2D eigenvalue weighted by atomic mass is 16.6. The third kappa shape index (κ3) is 3.23. The lowest BCUT2D eigenvalue weighted by atomic mass is 10.1. The van der Waals surface area contributed by atoms with Crippen molar-refractivity contribution in [2.45, 2.75) is 45.4 Å². The van der Waals surface area contributed by atoms with Gasteiger partial charge in [-0.2, -0.15) is 0 Å². The molecule has 0 unspecified atom stereocenters. The van der Waals surface area contributed by atoms with E-state index < -0.39 is 5.60 Å². The van der Waals surface area contributed by atoms with Gasteiger partial charge >= 0.3 is 6.09 Å². The molecular formula is C12H22N2O2. The van der Waals surface area contributed by atoms with Crippen LogP contribution in [0.4, 0.5) is 4.79 Å². The zero-order chi connectivity index (χ0) is 12.3. The fourth-order valence-corrected chi connectivity index (χ4v) is 1.79. The van der Waals surface area contributed by atoms with Crippen LogP contribution in [0.2, 0.25) is 0 Å². The van der Waals surface area contributed by atoms with Gasteiger partial charge in [-0.3, -0.25) is 4.90 Å². The number of rotatable bonds is 1. The van der Waals surface area contributed by atoms with Gasteiger partial charge in [0, 0.05) is 19.1 Å². The molecule has 1 aliphatic heterocycles. The van der Waals surface area contributed by atoms with E-state index >= 15 is 0 Å². The first-order valence-corrected chi connectivity index (χ1v) is 5.69. The van der Waals surface area contributed by atoms with Gasteiger partial charge < -0.3 is 10.1 Å². The van der Waals surface area contributed by atoms with Gasteiger partial charge in [0.05, 0.1) is 6.04 Å². The molecule has 0 aromatic heterocycles. The van der Waals surface area contributed by atoms with E-state index in [0.29, 0.717) is 0 Å². The minimum Gasteiger partial charge on any atom is -0.444 e. The monoisotopic (exact) mass is 226 g/mol. The Bertz CT molecular complexity index is 271. The summed E-state index contributed by atoms with van der Waals surface area (Å²) in [6.07, 6.45) is 1.53. The molecule has 0 aromatic carbocycles. The van der Waals surface area contributed by atoms with Crippen LogP contribution in [-0.2, 0) is 4.74 Å². The second-order valence-corrected chi connectivity index (χ2v) is 5.20. The normalized spacial score (nSPS) is 26.4. The SMILES string of the molecule is C=C[C@@H]1CNC[C@@H](C)N1C(=O)OC(C)(C)C. The topological polar surface area (TPSA) is 41.6 Å². The third-order valence-corrected chi connectivity index (χ3v) is 2.50. The molecule has 0 radical (unpaired) electrons. The van der Waals surface area contributed by atoms with Crippen molar-refractivity contribution in [3.05, 3.63) is 12.7 Å². The number of piperazine rings is 1. The van der Waals surface area contributed by atoms with Gasteiger partial charge in [0.25, 0.3) is 0 Å². The van der Waals surface area contributed by atoms with Crippen LogP contribution in [0, 0.1) is 0 Å². The van der Waals surface area contributed by atoms with Crippen molar-refractivity contribution in [3.63, 3.8) is 0 Å². The number of hydrogen-bond acceptors (Lipinski definition) is 3. The summed E-state index contributed by atoms with van der Waals surface area (Å²) in [7, 11) is 0. The second kappa shape index (κ2) is 4.87. The van der Waals surface area contributed by atoms with Crippen molar-refractivity contribution in [3.8, 4) is 0 Å². The minimum absolute atomic E-state index is 0.0126. The van der Waals surface area contributed by atoms with E-state index in [-0.39, 0.29) is 18.2 Å². The van der Waals surface area contributed by atoms with Crippen molar-refractivity contribution in [2.75, 3.05) is 13.1 Å². The largest absolute Gasteiger partial charge is 0.444 e. The molecule has 1 heterocycles. The third-order valence-electron chi connectivity index (χ3n) is 2.50. The predicted molar refractivity (Wildman–Crippen MR) is 64.4 cm³/mol. The van der Waals surface area contributed by atoms with Crippen molar-refractivity contribution in [2.24, 2.45) is 0 Å². The van der Waals surface area contributed by atoms with Gasteiger partial charge in [0.1, 0.15) is 5.60 Å². The molecule has 0 bridgehead atoms. The molecular weight excluding hydrogens is 204 g/mol. The lowest BCUT2D eigenvalue weighted by Gasteiger charge is -2.40. The lowest BCUT2D eigenvalue weighted by molar-refractivity contribution is 0.00639. The Morgan fingerprint density at radius 3 is 2.62 bits per heavy atom. The summed E-state index contributed by atoms with van der Waals surface area (Å²) in [5, 5.41) is 3.26. The molecule has 2 atom stereocenters. The Balaban J connectivity index is 2.73. The highest BCUT2D eigenvalue weighted by molar-refractivity contribution is 5.69. The van der Waals surface area contributed by atoms with E-state index in [0.717, 1.165) is 13.1 Å². The number of carbonyl (C=O) groups excluding carboxylic acids is 1. The molecule has 1 N–H and O–H groups in total. The average molecular weight is 226 g/mol. The Kier molecular flexibility index (Phi) is 3.97. The summed E-state index contributed by atoms with van der Waals surface area (Å²) in [5.74, 6) is 0. The molecule has 1 rings (SSSR count). The van der Waals surface area contributed by atoms with Crippen LogP contribution in [0.5, 0.6) is 0 Å². The van der Waals surface area contributed by atoms with Crippen LogP contribution in [0.25, 0.3) is 0 Å². The number of nitrogens with one attached hydrogen (secondary N) is 1. The maximum atomic E-state index is 12.0. The van der Waals surface area contributed by atoms with Crippen LogP contribution >= 0.6 is 0 Å². The van der Waals surface area contributed by atoms with Gasteiger partial charge in [0.2, 0.25) is 0 Å². The molecule has 1 saturated heterocycles. The van der Waals surface area contributed by atoms with E-state index in [4.69, 9.17) is 4.74 Å². The number of ether oxygens (including phenoxy) is 1. The summed E-state index contributed by atoms with van der Waals surface area (Å²) in [6, 6.07) is 0.144. The van der Waals surface area contributed by atoms with Crippen LogP contribution < -0.4 is 5.32 Å². The highest BCUT2D eigenvalue weighted by Crippen LogP contribution is 2.16. The van der Waals surface area contributed by atoms with Gasteiger partial charge in [0.15, 0.2) is 0 Å². The van der Waals surface area contributed by atoms with Crippen molar-refractivity contribution in [1.82, 2.24) is 10.2 Å². The van der Waals surface area contributed by atoms with E-state index in [1.54, 1.807) is 11.0 Å². The Hall–Kier alpha value is -1.03. The zero-order valence-electron chi connectivity index (χ0n) is 10.6. The first kappa shape index (κ1) is 13.0. The van der Waals surface area contributed by atoms with Gasteiger partial charge in [-0.25, -0.2) is 4.79 Å². The number of nitrogens with zero attached hydrogens (tertiary/aromatic N) is 1. The molecule has 0 aromatic rings. The Morgan fingerprint density at radius 2 is 2.12 bits per heavy atom. The molecule has 0 aliphatic carbocycles. The van der Waals surface area contributed by atoms with Crippen LogP contribution in [0.1, 0.15) is 27.7 Å². The maximum absolute atomic E-state index is 12.0. The van der Waals surface area contributed by atoms with Crippen LogP contribution in [0.3, 0.4) is 0 Å². The standard InChI is InChI=1S/C12H22N2O2/c1-6-10-8-13-7-9(2)14(10)11(15)16-12(3,4)5/h6,9-10,13H,1,7-8H2,2-5H3/t9-,10-/m1/s1. The first-order valence-electron chi connectivity index (χ1n) is 5.69. The van der Waals surface area contributed by atoms with Crippen molar-refractivity contribution in [1.29, 1.82) is 0 Å². The smallest absolute Gasteiger partial charge is 0.411 e. The first-order chi connectivity index (χ1) is 7.35. The van der Waals surface area contributed by atoms with Crippen LogP contribution in [-0.4, -0.2) is 41.8 Å². The average Bonchev–Trinajstić information content (AvgIpc) is 2.14. The lowest BCUT2D eigenvalue weighted by Crippen LogP contribution is -2.58. The fourth-order valence-electron chi connectivity index (χ4n) is 1.79. The van der Waals surface area contributed by atoms with Crippen molar-refractivity contribution < 1.29 is 9.53 Å². The minimum atomic E-state index is -0.451. The zero-order valence-corrected chi connectivity index (χ0v) is 10.6. The summed E-state index contributed by atoms with van der Waals surface area (Å²) in [4.78, 5) is 13.8. The van der Waals surface area contributed by atoms with E-state index in [2.05, 4.69) is 11.9 Å². The molecule has 0 spiro atoms. The molecule has 4 heteroatoms. The van der Waals surface area contributed by atoms with Gasteiger partial charge in [-0.05, 0) is 27.7 Å². The van der Waals surface area contributed by atoms with Crippen LogP contribution in [0.15, 0.2) is 12.7 Å². The Morgan fingerprint density at radius 1 is 1.50 bits per heavy atom. The second-order valence-electron chi connectivity index (χ2n) is 5.20.